The fourth-order valence-electron chi connectivity index (χ4n) is 2.38. The van der Waals surface area contributed by atoms with Crippen LogP contribution in [0.1, 0.15) is 39.5 Å². The van der Waals surface area contributed by atoms with Crippen molar-refractivity contribution < 1.29 is 9.53 Å². The second-order valence-electron chi connectivity index (χ2n) is 5.19. The van der Waals surface area contributed by atoms with E-state index in [2.05, 4.69) is 12.2 Å². The molecule has 5 heteroatoms. The summed E-state index contributed by atoms with van der Waals surface area (Å²) in [7, 11) is 1.99. The summed E-state index contributed by atoms with van der Waals surface area (Å²) < 4.78 is 5.57. The highest BCUT2D eigenvalue weighted by Gasteiger charge is 2.25. The maximum absolute atomic E-state index is 12.1. The summed E-state index contributed by atoms with van der Waals surface area (Å²) in [6.07, 6.45) is 4.07. The summed E-state index contributed by atoms with van der Waals surface area (Å²) >= 11 is 0. The number of piperidine rings is 1. The van der Waals surface area contributed by atoms with Crippen LogP contribution in [0.2, 0.25) is 0 Å². The monoisotopic (exact) mass is 292 g/mol. The van der Waals surface area contributed by atoms with E-state index in [0.29, 0.717) is 6.61 Å². The predicted octanol–water partition coefficient (Wildman–Crippen LogP) is 2.07. The van der Waals surface area contributed by atoms with Crippen molar-refractivity contribution in [1.29, 1.82) is 0 Å². The topological polar surface area (TPSA) is 41.6 Å². The van der Waals surface area contributed by atoms with Crippen molar-refractivity contribution in [3.8, 4) is 0 Å². The quantitative estimate of drug-likeness (QED) is 0.731. The summed E-state index contributed by atoms with van der Waals surface area (Å²) in [5, 5.41) is 3.21. The van der Waals surface area contributed by atoms with Crippen molar-refractivity contribution in [2.45, 2.75) is 45.6 Å². The molecule has 1 amide bonds. The van der Waals surface area contributed by atoms with Gasteiger partial charge in [-0.3, -0.25) is 4.79 Å². The number of rotatable bonds is 7. The van der Waals surface area contributed by atoms with Gasteiger partial charge >= 0.3 is 0 Å². The molecule has 0 bridgehead atoms. The van der Waals surface area contributed by atoms with Gasteiger partial charge in [-0.1, -0.05) is 13.3 Å². The van der Waals surface area contributed by atoms with Crippen LogP contribution >= 0.6 is 12.4 Å². The number of amides is 1. The number of nitrogens with one attached hydrogen (secondary N) is 1. The molecule has 1 unspecified atom stereocenters. The number of hydrogen-bond donors (Lipinski definition) is 1. The summed E-state index contributed by atoms with van der Waals surface area (Å²) in [6.45, 7) is 7.52. The number of likely N-dealkylation sites (tertiary alicyclic amines) is 1. The van der Waals surface area contributed by atoms with Gasteiger partial charge in [0.25, 0.3) is 5.91 Å². The molecule has 1 N–H and O–H groups in total. The molecule has 0 radical (unpaired) electrons. The van der Waals surface area contributed by atoms with Crippen molar-refractivity contribution in [3.63, 3.8) is 0 Å². The zero-order chi connectivity index (χ0) is 13.4. The lowest BCUT2D eigenvalue weighted by molar-refractivity contribution is -0.144. The van der Waals surface area contributed by atoms with Crippen molar-refractivity contribution in [1.82, 2.24) is 10.2 Å². The molecule has 19 heavy (non-hydrogen) atoms. The first-order valence-corrected chi connectivity index (χ1v) is 7.24. The smallest absolute Gasteiger partial charge is 0.251 e. The van der Waals surface area contributed by atoms with Gasteiger partial charge in [-0.2, -0.15) is 0 Å². The maximum atomic E-state index is 12.1. The predicted molar refractivity (Wildman–Crippen MR) is 80.8 cm³/mol. The Morgan fingerprint density at radius 2 is 2.05 bits per heavy atom. The zero-order valence-electron chi connectivity index (χ0n) is 12.5. The average molecular weight is 293 g/mol. The van der Waals surface area contributed by atoms with Crippen LogP contribution in [-0.4, -0.2) is 50.2 Å². The van der Waals surface area contributed by atoms with Gasteiger partial charge in [-0.15, -0.1) is 12.4 Å². The Kier molecular flexibility index (Phi) is 10.3. The number of carbonyl (C=O) groups excluding carboxylic acids is 1. The first-order valence-electron chi connectivity index (χ1n) is 7.24. The molecule has 114 valence electrons. The lowest BCUT2D eigenvalue weighted by Crippen LogP contribution is -2.45. The van der Waals surface area contributed by atoms with E-state index in [9.17, 15) is 4.79 Å². The van der Waals surface area contributed by atoms with Gasteiger partial charge in [0.1, 0.15) is 6.10 Å². The van der Waals surface area contributed by atoms with Crippen LogP contribution in [0, 0.1) is 5.92 Å². The van der Waals surface area contributed by atoms with Crippen LogP contribution in [0.3, 0.4) is 0 Å². The fourth-order valence-corrected chi connectivity index (χ4v) is 2.38. The van der Waals surface area contributed by atoms with E-state index in [1.165, 1.54) is 0 Å². The molecule has 0 aromatic carbocycles. The largest absolute Gasteiger partial charge is 0.369 e. The molecule has 1 rings (SSSR count). The zero-order valence-corrected chi connectivity index (χ0v) is 13.3. The molecular formula is C14H29ClN2O2. The van der Waals surface area contributed by atoms with Crippen LogP contribution in [0.15, 0.2) is 0 Å². The molecule has 1 fully saturated rings. The van der Waals surface area contributed by atoms with Crippen LogP contribution in [0.4, 0.5) is 0 Å². The van der Waals surface area contributed by atoms with Crippen molar-refractivity contribution >= 4 is 18.3 Å². The standard InChI is InChI=1S/C14H28N2O2.ClH/c1-4-5-10-18-12(2)14(17)16-8-6-13(7-9-16)11-15-3;/h12-13,15H,4-11H2,1-3H3;1H. The third-order valence-corrected chi connectivity index (χ3v) is 3.63. The second kappa shape index (κ2) is 10.5. The molecule has 1 aliphatic heterocycles. The van der Waals surface area contributed by atoms with E-state index in [0.717, 1.165) is 51.2 Å². The molecule has 0 aliphatic carbocycles. The van der Waals surface area contributed by atoms with E-state index < -0.39 is 0 Å². The van der Waals surface area contributed by atoms with Gasteiger partial charge in [-0.25, -0.2) is 0 Å². The third-order valence-electron chi connectivity index (χ3n) is 3.63. The van der Waals surface area contributed by atoms with E-state index >= 15 is 0 Å². The van der Waals surface area contributed by atoms with Gasteiger partial charge in [0.05, 0.1) is 0 Å². The first kappa shape index (κ1) is 18.7. The van der Waals surface area contributed by atoms with Gasteiger partial charge < -0.3 is 15.0 Å². The number of carbonyl (C=O) groups is 1. The normalized spacial score (nSPS) is 17.9. The van der Waals surface area contributed by atoms with E-state index in [4.69, 9.17) is 4.74 Å². The van der Waals surface area contributed by atoms with Gasteiger partial charge in [-0.05, 0) is 45.7 Å². The minimum atomic E-state index is -0.280. The molecule has 0 aromatic rings. The first-order chi connectivity index (χ1) is 8.69. The molecule has 1 atom stereocenters. The number of ether oxygens (including phenoxy) is 1. The Hall–Kier alpha value is -0.320. The Morgan fingerprint density at radius 1 is 1.42 bits per heavy atom. The lowest BCUT2D eigenvalue weighted by atomic mass is 9.96. The van der Waals surface area contributed by atoms with Gasteiger partial charge in [0.15, 0.2) is 0 Å². The molecule has 1 saturated heterocycles. The second-order valence-corrected chi connectivity index (χ2v) is 5.19. The van der Waals surface area contributed by atoms with Crippen molar-refractivity contribution in [2.24, 2.45) is 5.92 Å². The Bertz CT molecular complexity index is 244. The Morgan fingerprint density at radius 3 is 2.58 bits per heavy atom. The molecule has 0 saturated carbocycles. The summed E-state index contributed by atoms with van der Waals surface area (Å²) in [6, 6.07) is 0. The van der Waals surface area contributed by atoms with Crippen molar-refractivity contribution in [2.75, 3.05) is 33.3 Å². The van der Waals surface area contributed by atoms with Crippen LogP contribution in [0.25, 0.3) is 0 Å². The number of nitrogens with zero attached hydrogens (tertiary/aromatic N) is 1. The molecule has 1 aliphatic rings. The number of hydrogen-bond acceptors (Lipinski definition) is 3. The van der Waals surface area contributed by atoms with Gasteiger partial charge in [0.2, 0.25) is 0 Å². The lowest BCUT2D eigenvalue weighted by Gasteiger charge is -2.33. The minimum absolute atomic E-state index is 0. The van der Waals surface area contributed by atoms with Gasteiger partial charge in [0, 0.05) is 19.7 Å². The molecule has 4 nitrogen and oxygen atoms in total. The van der Waals surface area contributed by atoms with Crippen LogP contribution in [0.5, 0.6) is 0 Å². The molecular weight excluding hydrogens is 264 g/mol. The molecule has 1 heterocycles. The van der Waals surface area contributed by atoms with E-state index in [-0.39, 0.29) is 24.4 Å². The molecule has 0 spiro atoms. The van der Waals surface area contributed by atoms with Crippen LogP contribution < -0.4 is 5.32 Å². The van der Waals surface area contributed by atoms with Crippen LogP contribution in [-0.2, 0) is 9.53 Å². The van der Waals surface area contributed by atoms with Crippen molar-refractivity contribution in [3.05, 3.63) is 0 Å². The summed E-state index contributed by atoms with van der Waals surface area (Å²) in [5.74, 6) is 0.879. The minimum Gasteiger partial charge on any atom is -0.369 e. The fraction of sp³-hybridized carbons (Fsp3) is 0.929. The van der Waals surface area contributed by atoms with E-state index in [1.807, 2.05) is 18.9 Å². The van der Waals surface area contributed by atoms with E-state index in [1.54, 1.807) is 0 Å². The highest BCUT2D eigenvalue weighted by molar-refractivity contribution is 5.85. The number of halogens is 1. The summed E-state index contributed by atoms with van der Waals surface area (Å²) in [5.41, 5.74) is 0. The SMILES string of the molecule is CCCCOC(C)C(=O)N1CCC(CNC)CC1.Cl. The highest BCUT2D eigenvalue weighted by Crippen LogP contribution is 2.17. The average Bonchev–Trinajstić information content (AvgIpc) is 2.39. The highest BCUT2D eigenvalue weighted by atomic mass is 35.5. The third kappa shape index (κ3) is 6.59. The Labute approximate surface area is 123 Å². The maximum Gasteiger partial charge on any atom is 0.251 e. The molecule has 0 aromatic heterocycles. The summed E-state index contributed by atoms with van der Waals surface area (Å²) in [4.78, 5) is 14.1. The number of unbranched alkanes of at least 4 members (excludes halogenated alkanes) is 1. The Balaban J connectivity index is 0.00000324.